The number of nitrogens with one attached hydrogen (secondary N) is 2. The second-order valence-electron chi connectivity index (χ2n) is 10.2. The molecule has 1 aromatic carbocycles. The van der Waals surface area contributed by atoms with Gasteiger partial charge in [0.1, 0.15) is 10.6 Å². The fourth-order valence-electron chi connectivity index (χ4n) is 5.29. The van der Waals surface area contributed by atoms with Crippen LogP contribution in [-0.4, -0.2) is 65.1 Å². The summed E-state index contributed by atoms with van der Waals surface area (Å²) in [5.41, 5.74) is 3.61. The van der Waals surface area contributed by atoms with Gasteiger partial charge in [-0.05, 0) is 70.4 Å². The molecule has 0 bridgehead atoms. The quantitative estimate of drug-likeness (QED) is 0.194. The SMILES string of the molecule is CCOC(=O)c1c(SC)sc2c(CNC[C@H]3CC[C@@H](Nc4nc(N(C)C)c5ccccc5n4)CC3)c(C)nn12. The van der Waals surface area contributed by atoms with Crippen LogP contribution in [0.5, 0.6) is 0 Å². The van der Waals surface area contributed by atoms with Gasteiger partial charge in [-0.15, -0.1) is 23.1 Å². The number of carbonyl (C=O) groups excluding carboxylic acids is 1. The van der Waals surface area contributed by atoms with Crippen molar-refractivity contribution in [3.8, 4) is 0 Å². The van der Waals surface area contributed by atoms with E-state index in [-0.39, 0.29) is 5.97 Å². The number of hydrogen-bond acceptors (Lipinski definition) is 10. The van der Waals surface area contributed by atoms with E-state index in [9.17, 15) is 4.79 Å². The summed E-state index contributed by atoms with van der Waals surface area (Å²) in [7, 11) is 4.04. The number of thiazole rings is 1. The van der Waals surface area contributed by atoms with Crippen molar-refractivity contribution in [1.82, 2.24) is 24.9 Å². The Balaban J connectivity index is 1.17. The van der Waals surface area contributed by atoms with Crippen LogP contribution in [0.4, 0.5) is 11.8 Å². The summed E-state index contributed by atoms with van der Waals surface area (Å²) in [4.78, 5) is 25.2. The summed E-state index contributed by atoms with van der Waals surface area (Å²) in [5.74, 6) is 1.97. The van der Waals surface area contributed by atoms with Crippen molar-refractivity contribution >= 4 is 56.6 Å². The molecule has 0 atom stereocenters. The first-order valence-corrected chi connectivity index (χ1v) is 15.6. The monoisotopic (exact) mass is 567 g/mol. The minimum atomic E-state index is -0.312. The molecule has 3 heterocycles. The molecule has 0 saturated heterocycles. The molecule has 3 aromatic heterocycles. The molecule has 0 spiro atoms. The van der Waals surface area contributed by atoms with Crippen LogP contribution in [0.25, 0.3) is 15.7 Å². The third-order valence-electron chi connectivity index (χ3n) is 7.31. The first kappa shape index (κ1) is 27.7. The molecule has 5 rings (SSSR count). The van der Waals surface area contributed by atoms with Crippen molar-refractivity contribution in [3.63, 3.8) is 0 Å². The molecule has 11 heteroatoms. The highest BCUT2D eigenvalue weighted by molar-refractivity contribution is 8.00. The van der Waals surface area contributed by atoms with Crippen LogP contribution in [0.2, 0.25) is 0 Å². The lowest BCUT2D eigenvalue weighted by molar-refractivity contribution is 0.0513. The van der Waals surface area contributed by atoms with Gasteiger partial charge in [0.05, 0.1) is 22.0 Å². The minimum Gasteiger partial charge on any atom is -0.461 e. The van der Waals surface area contributed by atoms with Gasteiger partial charge in [-0.3, -0.25) is 0 Å². The molecule has 0 unspecified atom stereocenters. The number of thioether (sulfide) groups is 1. The second kappa shape index (κ2) is 12.1. The number of aryl methyl sites for hydroxylation is 1. The number of aromatic nitrogens is 4. The number of para-hydroxylation sites is 1. The Morgan fingerprint density at radius 2 is 1.97 bits per heavy atom. The van der Waals surface area contributed by atoms with Gasteiger partial charge in [-0.25, -0.2) is 14.3 Å². The van der Waals surface area contributed by atoms with E-state index in [2.05, 4.69) is 21.8 Å². The van der Waals surface area contributed by atoms with E-state index in [1.54, 1.807) is 27.6 Å². The predicted octanol–water partition coefficient (Wildman–Crippen LogP) is 5.37. The molecule has 1 saturated carbocycles. The van der Waals surface area contributed by atoms with Crippen LogP contribution in [0.3, 0.4) is 0 Å². The van der Waals surface area contributed by atoms with Crippen LogP contribution in [0.1, 0.15) is 54.4 Å². The number of benzene rings is 1. The molecule has 1 aliphatic rings. The zero-order valence-electron chi connectivity index (χ0n) is 23.3. The van der Waals surface area contributed by atoms with Crippen molar-refractivity contribution in [1.29, 1.82) is 0 Å². The van der Waals surface area contributed by atoms with Crippen molar-refractivity contribution in [2.24, 2.45) is 5.92 Å². The third-order valence-corrected chi connectivity index (χ3v) is 9.61. The normalized spacial score (nSPS) is 17.6. The van der Waals surface area contributed by atoms with Crippen LogP contribution in [-0.2, 0) is 11.3 Å². The van der Waals surface area contributed by atoms with Crippen LogP contribution in [0, 0.1) is 12.8 Å². The molecule has 2 N–H and O–H groups in total. The van der Waals surface area contributed by atoms with Crippen molar-refractivity contribution < 1.29 is 9.53 Å². The highest BCUT2D eigenvalue weighted by Gasteiger charge is 2.26. The summed E-state index contributed by atoms with van der Waals surface area (Å²) in [6.07, 6.45) is 6.49. The Bertz CT molecular complexity index is 1460. The van der Waals surface area contributed by atoms with Crippen molar-refractivity contribution in [2.45, 2.75) is 56.3 Å². The van der Waals surface area contributed by atoms with Crippen molar-refractivity contribution in [2.75, 3.05) is 43.7 Å². The Morgan fingerprint density at radius 1 is 1.21 bits per heavy atom. The Morgan fingerprint density at radius 3 is 2.69 bits per heavy atom. The van der Waals surface area contributed by atoms with Crippen LogP contribution < -0.4 is 15.5 Å². The molecule has 39 heavy (non-hydrogen) atoms. The van der Waals surface area contributed by atoms with Gasteiger partial charge in [-0.2, -0.15) is 10.1 Å². The maximum absolute atomic E-state index is 12.6. The Labute approximate surface area is 237 Å². The molecule has 0 amide bonds. The maximum Gasteiger partial charge on any atom is 0.359 e. The summed E-state index contributed by atoms with van der Waals surface area (Å²) < 4.78 is 8.00. The molecular weight excluding hydrogens is 530 g/mol. The average Bonchev–Trinajstić information content (AvgIpc) is 3.43. The number of anilines is 2. The number of fused-ring (bicyclic) bond motifs is 2. The fraction of sp³-hybridized carbons (Fsp3) is 0.500. The number of rotatable bonds is 10. The van der Waals surface area contributed by atoms with Gasteiger partial charge >= 0.3 is 5.97 Å². The smallest absolute Gasteiger partial charge is 0.359 e. The third kappa shape index (κ3) is 5.85. The maximum atomic E-state index is 12.6. The lowest BCUT2D eigenvalue weighted by atomic mass is 9.86. The number of esters is 1. The molecule has 9 nitrogen and oxygen atoms in total. The standard InChI is InChI=1S/C28H37N7O2S2/c1-6-37-26(36)23-27(38-5)39-25-21(17(2)33-35(23)25)16-29-15-18-11-13-19(14-12-18)30-28-31-22-10-8-7-9-20(22)24(32-28)34(3)4/h7-10,18-19,29H,6,11-16H2,1-5H3,(H,30,31,32)/t18-,19+. The summed E-state index contributed by atoms with van der Waals surface area (Å²) in [5, 5.41) is 13.0. The van der Waals surface area contributed by atoms with E-state index in [1.807, 2.05) is 57.3 Å². The molecule has 4 aromatic rings. The Hall–Kier alpha value is -2.89. The molecule has 208 valence electrons. The first-order valence-electron chi connectivity index (χ1n) is 13.5. The molecule has 1 fully saturated rings. The van der Waals surface area contributed by atoms with E-state index in [0.717, 1.165) is 75.8 Å². The van der Waals surface area contributed by atoms with Gasteiger partial charge < -0.3 is 20.3 Å². The zero-order chi connectivity index (χ0) is 27.5. The number of ether oxygens (including phenoxy) is 1. The highest BCUT2D eigenvalue weighted by Crippen LogP contribution is 2.35. The van der Waals surface area contributed by atoms with Crippen LogP contribution >= 0.6 is 23.1 Å². The van der Waals surface area contributed by atoms with Gasteiger partial charge in [0.15, 0.2) is 5.69 Å². The molecule has 0 aliphatic heterocycles. The number of hydrogen-bond donors (Lipinski definition) is 2. The largest absolute Gasteiger partial charge is 0.461 e. The van der Waals surface area contributed by atoms with Gasteiger partial charge in [0.25, 0.3) is 0 Å². The predicted molar refractivity (Wildman–Crippen MR) is 160 cm³/mol. The topological polar surface area (TPSA) is 96.7 Å². The van der Waals surface area contributed by atoms with E-state index < -0.39 is 0 Å². The summed E-state index contributed by atoms with van der Waals surface area (Å²) >= 11 is 3.18. The Kier molecular flexibility index (Phi) is 8.58. The number of nitrogens with zero attached hydrogens (tertiary/aromatic N) is 5. The van der Waals surface area contributed by atoms with E-state index >= 15 is 0 Å². The summed E-state index contributed by atoms with van der Waals surface area (Å²) in [6, 6.07) is 8.55. The van der Waals surface area contributed by atoms with Crippen molar-refractivity contribution in [3.05, 3.63) is 41.2 Å². The van der Waals surface area contributed by atoms with E-state index in [0.29, 0.717) is 30.2 Å². The number of carbonyl (C=O) groups is 1. The molecular formula is C28H37N7O2S2. The van der Waals surface area contributed by atoms with Gasteiger partial charge in [0, 0.05) is 37.6 Å². The molecule has 0 radical (unpaired) electrons. The minimum absolute atomic E-state index is 0.312. The van der Waals surface area contributed by atoms with Gasteiger partial charge in [-0.1, -0.05) is 12.1 Å². The fourth-order valence-corrected chi connectivity index (χ4v) is 7.23. The van der Waals surface area contributed by atoms with Crippen LogP contribution in [0.15, 0.2) is 28.5 Å². The first-order chi connectivity index (χ1) is 18.9. The molecule has 1 aliphatic carbocycles. The highest BCUT2D eigenvalue weighted by atomic mass is 32.2. The van der Waals surface area contributed by atoms with Gasteiger partial charge in [0.2, 0.25) is 5.95 Å². The zero-order valence-corrected chi connectivity index (χ0v) is 24.9. The lowest BCUT2D eigenvalue weighted by Gasteiger charge is -2.29. The second-order valence-corrected chi connectivity index (χ2v) is 12.3. The average molecular weight is 568 g/mol. The lowest BCUT2D eigenvalue weighted by Crippen LogP contribution is -2.31. The van der Waals surface area contributed by atoms with E-state index in [4.69, 9.17) is 14.7 Å². The van der Waals surface area contributed by atoms with E-state index in [1.165, 1.54) is 0 Å². The summed E-state index contributed by atoms with van der Waals surface area (Å²) in [6.45, 7) is 5.89.